The normalized spacial score (nSPS) is 17.1. The Morgan fingerprint density at radius 1 is 1.03 bits per heavy atom. The van der Waals surface area contributed by atoms with Gasteiger partial charge in [-0.25, -0.2) is 9.59 Å². The van der Waals surface area contributed by atoms with Crippen molar-refractivity contribution in [3.05, 3.63) is 81.4 Å². The van der Waals surface area contributed by atoms with E-state index in [4.69, 9.17) is 14.2 Å². The van der Waals surface area contributed by atoms with Crippen LogP contribution >= 0.6 is 0 Å². The van der Waals surface area contributed by atoms with E-state index in [-0.39, 0.29) is 35.0 Å². The predicted octanol–water partition coefficient (Wildman–Crippen LogP) is 3.99. The Morgan fingerprint density at radius 3 is 2.46 bits per heavy atom. The Balaban J connectivity index is 1.92. The van der Waals surface area contributed by atoms with Crippen molar-refractivity contribution in [2.24, 2.45) is 0 Å². The van der Waals surface area contributed by atoms with Gasteiger partial charge in [0.05, 0.1) is 11.1 Å². The van der Waals surface area contributed by atoms with Crippen LogP contribution in [0.4, 0.5) is 0 Å². The Bertz CT molecular complexity index is 1440. The molecule has 1 atom stereocenters. The van der Waals surface area contributed by atoms with Gasteiger partial charge < -0.3 is 29.5 Å². The van der Waals surface area contributed by atoms with Gasteiger partial charge >= 0.3 is 17.9 Å². The Morgan fingerprint density at radius 2 is 1.77 bits per heavy atom. The quantitative estimate of drug-likeness (QED) is 0.477. The highest BCUT2D eigenvalue weighted by atomic mass is 16.6. The number of hydrogen-bond donors (Lipinski definition) is 3. The largest absolute Gasteiger partial charge is 0.507 e. The molecule has 0 aliphatic carbocycles. The van der Waals surface area contributed by atoms with Crippen LogP contribution in [0.15, 0.2) is 42.5 Å². The van der Waals surface area contributed by atoms with E-state index >= 15 is 0 Å². The molecular formula is C26H20O9. The summed E-state index contributed by atoms with van der Waals surface area (Å²) in [5.74, 6) is -3.53. The van der Waals surface area contributed by atoms with Crippen LogP contribution in [0.3, 0.4) is 0 Å². The van der Waals surface area contributed by atoms with Crippen molar-refractivity contribution in [2.45, 2.75) is 32.5 Å². The fraction of sp³-hybridized carbons (Fsp3) is 0.192. The van der Waals surface area contributed by atoms with Gasteiger partial charge in [0.25, 0.3) is 0 Å². The smallest absolute Gasteiger partial charge is 0.343 e. The summed E-state index contributed by atoms with van der Waals surface area (Å²) in [6, 6.07) is 10.6. The van der Waals surface area contributed by atoms with Crippen molar-refractivity contribution in [3.8, 4) is 23.0 Å². The molecule has 0 saturated heterocycles. The molecule has 9 heteroatoms. The second-order valence-corrected chi connectivity index (χ2v) is 8.22. The number of phenols is 2. The van der Waals surface area contributed by atoms with Crippen molar-refractivity contribution in [3.63, 3.8) is 0 Å². The van der Waals surface area contributed by atoms with Crippen LogP contribution in [-0.4, -0.2) is 33.2 Å². The molecule has 178 valence electrons. The second kappa shape index (κ2) is 7.76. The SMILES string of the molecule is CCc1c(COC(C)=O)c(O)cc2c1C1(OC(=O)c3ccccc31)c1ccc(O)c(C(=O)O)c1O2. The molecule has 2 aliphatic heterocycles. The minimum atomic E-state index is -1.63. The number of carbonyl (C=O) groups is 3. The number of fused-ring (bicyclic) bond motifs is 6. The first kappa shape index (κ1) is 22.3. The zero-order chi connectivity index (χ0) is 25.1. The van der Waals surface area contributed by atoms with Gasteiger partial charge in [-0.05, 0) is 30.2 Å². The molecule has 3 aromatic rings. The number of esters is 2. The Kier molecular flexibility index (Phi) is 4.94. The first-order valence-electron chi connectivity index (χ1n) is 10.8. The molecule has 3 aromatic carbocycles. The molecule has 0 aromatic heterocycles. The van der Waals surface area contributed by atoms with Gasteiger partial charge in [0.15, 0.2) is 11.4 Å². The summed E-state index contributed by atoms with van der Waals surface area (Å²) >= 11 is 0. The highest BCUT2D eigenvalue weighted by Gasteiger charge is 2.55. The summed E-state index contributed by atoms with van der Waals surface area (Å²) < 4.78 is 17.2. The third-order valence-electron chi connectivity index (χ3n) is 6.33. The van der Waals surface area contributed by atoms with Gasteiger partial charge in [-0.2, -0.15) is 0 Å². The number of rotatable bonds is 4. The number of aromatic hydroxyl groups is 2. The van der Waals surface area contributed by atoms with Crippen LogP contribution < -0.4 is 4.74 Å². The van der Waals surface area contributed by atoms with Gasteiger partial charge in [-0.1, -0.05) is 25.1 Å². The number of carboxylic acids is 1. The van der Waals surface area contributed by atoms with E-state index in [1.54, 1.807) is 24.3 Å². The molecule has 0 fully saturated rings. The van der Waals surface area contributed by atoms with Crippen molar-refractivity contribution in [1.29, 1.82) is 0 Å². The summed E-state index contributed by atoms with van der Waals surface area (Å²) in [7, 11) is 0. The fourth-order valence-electron chi connectivity index (χ4n) is 4.94. The van der Waals surface area contributed by atoms with Crippen LogP contribution in [0.25, 0.3) is 0 Å². The topological polar surface area (TPSA) is 140 Å². The van der Waals surface area contributed by atoms with E-state index in [0.717, 1.165) is 0 Å². The number of hydrogen-bond acceptors (Lipinski definition) is 8. The van der Waals surface area contributed by atoms with Gasteiger partial charge in [0, 0.05) is 29.7 Å². The van der Waals surface area contributed by atoms with Crippen molar-refractivity contribution >= 4 is 17.9 Å². The maximum atomic E-state index is 13.1. The van der Waals surface area contributed by atoms with Gasteiger partial charge in [0.2, 0.25) is 0 Å². The number of aromatic carboxylic acids is 1. The molecule has 0 saturated carbocycles. The Labute approximate surface area is 199 Å². The molecule has 9 nitrogen and oxygen atoms in total. The number of phenolic OH excluding ortho intramolecular Hbond substituents is 1. The molecule has 5 rings (SSSR count). The summed E-state index contributed by atoms with van der Waals surface area (Å²) in [5, 5.41) is 30.9. The van der Waals surface area contributed by atoms with Crippen LogP contribution in [0, 0.1) is 0 Å². The molecule has 0 radical (unpaired) electrons. The van der Waals surface area contributed by atoms with Crippen molar-refractivity contribution in [1.82, 2.24) is 0 Å². The van der Waals surface area contributed by atoms with E-state index in [9.17, 15) is 29.7 Å². The molecule has 0 bridgehead atoms. The first-order valence-corrected chi connectivity index (χ1v) is 10.8. The van der Waals surface area contributed by atoms with E-state index < -0.39 is 34.8 Å². The maximum Gasteiger partial charge on any atom is 0.343 e. The van der Waals surface area contributed by atoms with Crippen LogP contribution in [0.2, 0.25) is 0 Å². The van der Waals surface area contributed by atoms with Crippen LogP contribution in [0.5, 0.6) is 23.0 Å². The van der Waals surface area contributed by atoms with E-state index in [1.807, 2.05) is 6.92 Å². The lowest BCUT2D eigenvalue weighted by molar-refractivity contribution is -0.142. The fourth-order valence-corrected chi connectivity index (χ4v) is 4.94. The molecule has 2 aliphatic rings. The Hall–Kier alpha value is -4.53. The van der Waals surface area contributed by atoms with Gasteiger partial charge in [-0.3, -0.25) is 4.79 Å². The van der Waals surface area contributed by atoms with E-state index in [0.29, 0.717) is 28.7 Å². The third-order valence-corrected chi connectivity index (χ3v) is 6.33. The summed E-state index contributed by atoms with van der Waals surface area (Å²) in [4.78, 5) is 36.6. The van der Waals surface area contributed by atoms with Gasteiger partial charge in [0.1, 0.15) is 29.4 Å². The minimum absolute atomic E-state index is 0.0519. The summed E-state index contributed by atoms with van der Waals surface area (Å²) in [5.41, 5.74) is 0.0226. The molecule has 1 unspecified atom stereocenters. The lowest BCUT2D eigenvalue weighted by atomic mass is 9.74. The van der Waals surface area contributed by atoms with E-state index in [1.165, 1.54) is 25.1 Å². The molecule has 0 amide bonds. The lowest BCUT2D eigenvalue weighted by Crippen LogP contribution is -2.35. The molecule has 3 N–H and O–H groups in total. The minimum Gasteiger partial charge on any atom is -0.507 e. The molecule has 2 heterocycles. The zero-order valence-corrected chi connectivity index (χ0v) is 18.7. The standard InChI is InChI=1S/C26H20O9/c1-3-13-15(11-33-12(2)27)19(29)10-20-22(13)26(16-7-5-4-6-14(16)25(32)35-26)17-8-9-18(28)21(24(30)31)23(17)34-20/h4-10,28-29H,3,11H2,1-2H3,(H,30,31). The average Bonchev–Trinajstić information content (AvgIpc) is 3.10. The number of benzene rings is 3. The summed E-state index contributed by atoms with van der Waals surface area (Å²) in [6.45, 7) is 2.83. The highest BCUT2D eigenvalue weighted by molar-refractivity contribution is 5.99. The van der Waals surface area contributed by atoms with Gasteiger partial charge in [-0.15, -0.1) is 0 Å². The van der Waals surface area contributed by atoms with E-state index in [2.05, 4.69) is 0 Å². The number of ether oxygens (including phenoxy) is 3. The molecule has 35 heavy (non-hydrogen) atoms. The third kappa shape index (κ3) is 3.04. The summed E-state index contributed by atoms with van der Waals surface area (Å²) in [6.07, 6.45) is 0.331. The average molecular weight is 476 g/mol. The molecule has 1 spiro atoms. The number of carbonyl (C=O) groups excluding carboxylic acids is 2. The van der Waals surface area contributed by atoms with Crippen LogP contribution in [0.1, 0.15) is 62.4 Å². The maximum absolute atomic E-state index is 13.1. The first-order chi connectivity index (χ1) is 16.7. The zero-order valence-electron chi connectivity index (χ0n) is 18.7. The highest BCUT2D eigenvalue weighted by Crippen LogP contribution is 2.59. The van der Waals surface area contributed by atoms with Crippen molar-refractivity contribution in [2.75, 3.05) is 0 Å². The molecular weight excluding hydrogens is 456 g/mol. The monoisotopic (exact) mass is 476 g/mol. The predicted molar refractivity (Wildman–Crippen MR) is 120 cm³/mol. The second-order valence-electron chi connectivity index (χ2n) is 8.22. The number of carboxylic acid groups (broad SMARTS) is 1. The van der Waals surface area contributed by atoms with Crippen molar-refractivity contribution < 1.29 is 43.9 Å². The lowest BCUT2D eigenvalue weighted by Gasteiger charge is -2.39. The van der Waals surface area contributed by atoms with Crippen LogP contribution in [-0.2, 0) is 32.9 Å².